The maximum Gasteiger partial charge on any atom is 0.246 e. The summed E-state index contributed by atoms with van der Waals surface area (Å²) < 4.78 is 12.9. The molecule has 5 nitrogen and oxygen atoms in total. The Morgan fingerprint density at radius 2 is 1.96 bits per heavy atom. The molecule has 0 aliphatic carbocycles. The molecule has 3 N–H and O–H groups in total. The first kappa shape index (κ1) is 22.4. The van der Waals surface area contributed by atoms with E-state index in [0.29, 0.717) is 24.1 Å². The van der Waals surface area contributed by atoms with Gasteiger partial charge in [-0.15, -0.1) is 35.3 Å². The van der Waals surface area contributed by atoms with Crippen LogP contribution in [-0.4, -0.2) is 31.5 Å². The van der Waals surface area contributed by atoms with Gasteiger partial charge >= 0.3 is 0 Å². The Kier molecular flexibility index (Phi) is 10.2. The number of amides is 1. The van der Waals surface area contributed by atoms with Gasteiger partial charge in [-0.3, -0.25) is 4.79 Å². The van der Waals surface area contributed by atoms with E-state index < -0.39 is 0 Å². The van der Waals surface area contributed by atoms with Crippen LogP contribution in [0.5, 0.6) is 0 Å². The van der Waals surface area contributed by atoms with Crippen molar-refractivity contribution in [2.24, 2.45) is 4.99 Å². The van der Waals surface area contributed by atoms with Gasteiger partial charge in [0, 0.05) is 29.6 Å². The number of nitrogens with zero attached hydrogens (tertiary/aromatic N) is 1. The van der Waals surface area contributed by atoms with Crippen LogP contribution in [-0.2, 0) is 4.79 Å². The summed E-state index contributed by atoms with van der Waals surface area (Å²) in [4.78, 5) is 17.6. The average molecular weight is 490 g/mol. The number of thiophene rings is 1. The highest BCUT2D eigenvalue weighted by molar-refractivity contribution is 14.0. The summed E-state index contributed by atoms with van der Waals surface area (Å²) in [6.45, 7) is 5.53. The van der Waals surface area contributed by atoms with E-state index in [1.165, 1.54) is 29.1 Å². The first-order valence-corrected chi connectivity index (χ1v) is 9.07. The maximum absolute atomic E-state index is 12.9. The van der Waals surface area contributed by atoms with Crippen LogP contribution in [0.3, 0.4) is 0 Å². The van der Waals surface area contributed by atoms with Crippen LogP contribution in [0.4, 0.5) is 10.1 Å². The molecular formula is C18H24FIN4OS. The molecule has 0 radical (unpaired) electrons. The molecule has 1 amide bonds. The van der Waals surface area contributed by atoms with Crippen molar-refractivity contribution in [1.29, 1.82) is 0 Å². The van der Waals surface area contributed by atoms with Crippen LogP contribution < -0.4 is 16.0 Å². The lowest BCUT2D eigenvalue weighted by atomic mass is 10.1. The number of benzene rings is 1. The van der Waals surface area contributed by atoms with Crippen molar-refractivity contribution >= 4 is 52.9 Å². The zero-order valence-electron chi connectivity index (χ0n) is 14.8. The van der Waals surface area contributed by atoms with E-state index in [2.05, 4.69) is 39.3 Å². The Morgan fingerprint density at radius 1 is 1.23 bits per heavy atom. The predicted molar refractivity (Wildman–Crippen MR) is 117 cm³/mol. The van der Waals surface area contributed by atoms with E-state index in [-0.39, 0.29) is 42.2 Å². The number of carbonyl (C=O) groups is 1. The van der Waals surface area contributed by atoms with E-state index >= 15 is 0 Å². The highest BCUT2D eigenvalue weighted by atomic mass is 127. The van der Waals surface area contributed by atoms with Crippen molar-refractivity contribution in [3.63, 3.8) is 0 Å². The predicted octanol–water partition coefficient (Wildman–Crippen LogP) is 3.80. The Morgan fingerprint density at radius 3 is 2.58 bits per heavy atom. The summed E-state index contributed by atoms with van der Waals surface area (Å²) in [7, 11) is 0. The molecule has 0 bridgehead atoms. The molecule has 0 fully saturated rings. The molecule has 8 heteroatoms. The van der Waals surface area contributed by atoms with Crippen molar-refractivity contribution in [2.45, 2.75) is 19.8 Å². The molecule has 2 rings (SSSR count). The third-order valence-electron chi connectivity index (χ3n) is 3.46. The smallest absolute Gasteiger partial charge is 0.246 e. The Bertz CT molecular complexity index is 692. The van der Waals surface area contributed by atoms with E-state index in [0.717, 1.165) is 6.54 Å². The summed E-state index contributed by atoms with van der Waals surface area (Å²) in [6.07, 6.45) is 0. The summed E-state index contributed by atoms with van der Waals surface area (Å²) in [6, 6.07) is 9.78. The second-order valence-corrected chi connectivity index (χ2v) is 6.53. The number of aliphatic imine (C=N–C) groups is 1. The molecule has 2 aromatic rings. The fraction of sp³-hybridized carbons (Fsp3) is 0.333. The quantitative estimate of drug-likeness (QED) is 0.314. The van der Waals surface area contributed by atoms with Gasteiger partial charge in [0.25, 0.3) is 0 Å². The summed E-state index contributed by atoms with van der Waals surface area (Å²) in [5.74, 6) is 0.363. The molecule has 0 aliphatic heterocycles. The van der Waals surface area contributed by atoms with Gasteiger partial charge in [0.1, 0.15) is 12.4 Å². The highest BCUT2D eigenvalue weighted by Crippen LogP contribution is 2.19. The summed E-state index contributed by atoms with van der Waals surface area (Å²) >= 11 is 1.73. The number of hydrogen-bond acceptors (Lipinski definition) is 3. The Balaban J connectivity index is 0.00000338. The molecular weight excluding hydrogens is 466 g/mol. The molecule has 0 saturated carbocycles. The number of carbonyl (C=O) groups excluding carboxylic acids is 1. The van der Waals surface area contributed by atoms with Crippen molar-refractivity contribution in [2.75, 3.05) is 25.0 Å². The van der Waals surface area contributed by atoms with Gasteiger partial charge in [0.15, 0.2) is 5.96 Å². The number of rotatable bonds is 7. The number of anilines is 1. The monoisotopic (exact) mass is 490 g/mol. The molecule has 26 heavy (non-hydrogen) atoms. The van der Waals surface area contributed by atoms with E-state index in [9.17, 15) is 9.18 Å². The minimum atomic E-state index is -0.338. The van der Waals surface area contributed by atoms with Crippen molar-refractivity contribution in [3.8, 4) is 0 Å². The fourth-order valence-electron chi connectivity index (χ4n) is 2.15. The Labute approximate surface area is 174 Å². The summed E-state index contributed by atoms with van der Waals surface area (Å²) in [5.41, 5.74) is 0.547. The zero-order chi connectivity index (χ0) is 18.1. The molecule has 1 atom stereocenters. The van der Waals surface area contributed by atoms with E-state index in [4.69, 9.17) is 0 Å². The van der Waals surface area contributed by atoms with Gasteiger partial charge in [-0.1, -0.05) is 13.0 Å². The lowest BCUT2D eigenvalue weighted by Crippen LogP contribution is -2.39. The van der Waals surface area contributed by atoms with E-state index in [1.807, 2.05) is 13.0 Å². The molecule has 0 saturated heterocycles. The molecule has 1 aromatic carbocycles. The standard InChI is InChI=1S/C18H23FN4OS.HI/c1-3-20-18(21-11-13(2)16-5-4-10-25-16)22-12-17(24)23-15-8-6-14(19)7-9-15;/h4-10,13H,3,11-12H2,1-2H3,(H,23,24)(H2,20,21,22);1H. The average Bonchev–Trinajstić information content (AvgIpc) is 3.14. The number of halogens is 2. The number of guanidine groups is 1. The molecule has 142 valence electrons. The van der Waals surface area contributed by atoms with Gasteiger partial charge in [-0.25, -0.2) is 9.38 Å². The van der Waals surface area contributed by atoms with E-state index in [1.54, 1.807) is 11.3 Å². The van der Waals surface area contributed by atoms with Crippen LogP contribution in [0.15, 0.2) is 46.8 Å². The second kappa shape index (κ2) is 11.8. The largest absolute Gasteiger partial charge is 0.357 e. The Hall–Kier alpha value is -1.68. The normalized spacial score (nSPS) is 12.0. The number of nitrogens with one attached hydrogen (secondary N) is 3. The third-order valence-corrected chi connectivity index (χ3v) is 4.56. The van der Waals surface area contributed by atoms with Crippen LogP contribution >= 0.6 is 35.3 Å². The topological polar surface area (TPSA) is 65.5 Å². The van der Waals surface area contributed by atoms with Crippen LogP contribution in [0, 0.1) is 5.82 Å². The minimum Gasteiger partial charge on any atom is -0.357 e. The van der Waals surface area contributed by atoms with Crippen molar-refractivity contribution < 1.29 is 9.18 Å². The molecule has 0 spiro atoms. The number of hydrogen-bond donors (Lipinski definition) is 3. The zero-order valence-corrected chi connectivity index (χ0v) is 17.9. The van der Waals surface area contributed by atoms with Gasteiger partial charge in [-0.05, 0) is 42.6 Å². The summed E-state index contributed by atoms with van der Waals surface area (Å²) in [5, 5.41) is 11.1. The third kappa shape index (κ3) is 7.69. The van der Waals surface area contributed by atoms with Gasteiger partial charge in [0.2, 0.25) is 5.91 Å². The molecule has 1 unspecified atom stereocenters. The first-order valence-electron chi connectivity index (χ1n) is 8.19. The van der Waals surface area contributed by atoms with Gasteiger partial charge < -0.3 is 16.0 Å². The minimum absolute atomic E-state index is 0. The van der Waals surface area contributed by atoms with Gasteiger partial charge in [-0.2, -0.15) is 0 Å². The highest BCUT2D eigenvalue weighted by Gasteiger charge is 2.08. The van der Waals surface area contributed by atoms with Gasteiger partial charge in [0.05, 0.1) is 0 Å². The molecule has 0 aliphatic rings. The maximum atomic E-state index is 12.9. The van der Waals surface area contributed by atoms with Crippen LogP contribution in [0.2, 0.25) is 0 Å². The first-order chi connectivity index (χ1) is 12.1. The van der Waals surface area contributed by atoms with Crippen LogP contribution in [0.1, 0.15) is 24.6 Å². The lowest BCUT2D eigenvalue weighted by molar-refractivity contribution is -0.114. The SMILES string of the molecule is CCNC(=NCC(=O)Nc1ccc(F)cc1)NCC(C)c1cccs1.I. The molecule has 1 aromatic heterocycles. The second-order valence-electron chi connectivity index (χ2n) is 5.55. The van der Waals surface area contributed by atoms with Crippen molar-refractivity contribution in [1.82, 2.24) is 10.6 Å². The van der Waals surface area contributed by atoms with Crippen molar-refractivity contribution in [3.05, 3.63) is 52.5 Å². The lowest BCUT2D eigenvalue weighted by Gasteiger charge is -2.15. The van der Waals surface area contributed by atoms with Crippen LogP contribution in [0.25, 0.3) is 0 Å². The molecule has 1 heterocycles. The fourth-order valence-corrected chi connectivity index (χ4v) is 2.94.